The maximum atomic E-state index is 10.7. The van der Waals surface area contributed by atoms with Gasteiger partial charge in [0.25, 0.3) is 0 Å². The molecule has 0 aromatic carbocycles. The Hall–Kier alpha value is -1.73. The van der Waals surface area contributed by atoms with E-state index in [9.17, 15) is 4.79 Å². The number of rotatable bonds is 5. The predicted molar refractivity (Wildman–Crippen MR) is 67.5 cm³/mol. The van der Waals surface area contributed by atoms with E-state index in [2.05, 4.69) is 10.9 Å². The second kappa shape index (κ2) is 6.12. The van der Waals surface area contributed by atoms with Crippen molar-refractivity contribution < 1.29 is 9.90 Å². The van der Waals surface area contributed by atoms with Gasteiger partial charge in [0, 0.05) is 12.7 Å². The Morgan fingerprint density at radius 3 is 2.88 bits per heavy atom. The third kappa shape index (κ3) is 3.36. The number of aromatic carboxylic acids is 1. The summed E-state index contributed by atoms with van der Waals surface area (Å²) in [6.45, 7) is 3.14. The monoisotopic (exact) mass is 252 g/mol. The van der Waals surface area contributed by atoms with E-state index in [1.165, 1.54) is 12.3 Å². The van der Waals surface area contributed by atoms with Crippen LogP contribution in [0, 0.1) is 12.3 Å². The Morgan fingerprint density at radius 2 is 2.41 bits per heavy atom. The van der Waals surface area contributed by atoms with E-state index >= 15 is 0 Å². The van der Waals surface area contributed by atoms with Crippen molar-refractivity contribution in [3.63, 3.8) is 0 Å². The van der Waals surface area contributed by atoms with Crippen LogP contribution >= 0.6 is 11.6 Å². The van der Waals surface area contributed by atoms with Gasteiger partial charge in [0.15, 0.2) is 0 Å². The van der Waals surface area contributed by atoms with Gasteiger partial charge in [-0.3, -0.25) is 0 Å². The van der Waals surface area contributed by atoms with Crippen molar-refractivity contribution in [2.45, 2.75) is 13.3 Å². The van der Waals surface area contributed by atoms with E-state index < -0.39 is 5.97 Å². The molecule has 0 aliphatic carbocycles. The first kappa shape index (κ1) is 13.3. The van der Waals surface area contributed by atoms with Crippen molar-refractivity contribution in [1.29, 1.82) is 0 Å². The molecule has 0 spiro atoms. The zero-order valence-corrected chi connectivity index (χ0v) is 10.2. The molecule has 1 aromatic rings. The number of anilines is 1. The molecule has 0 saturated carbocycles. The van der Waals surface area contributed by atoms with Gasteiger partial charge in [-0.15, -0.1) is 6.42 Å². The average Bonchev–Trinajstić information content (AvgIpc) is 2.28. The van der Waals surface area contributed by atoms with Crippen LogP contribution in [0.4, 0.5) is 5.82 Å². The molecule has 0 radical (unpaired) electrons. The summed E-state index contributed by atoms with van der Waals surface area (Å²) in [5.41, 5.74) is 0.0657. The second-order valence-electron chi connectivity index (χ2n) is 3.46. The maximum Gasteiger partial charge on any atom is 0.337 e. The lowest BCUT2D eigenvalue weighted by atomic mass is 10.2. The predicted octanol–water partition coefficient (Wildman–Crippen LogP) is 2.28. The standard InChI is InChI=1S/C12H13ClN2O2/c1-3-5-15(6-4-2)11-10(13)7-9(8-14-11)12(16)17/h1,7-8H,4-6H2,2H3,(H,16,17). The molecule has 0 fully saturated rings. The van der Waals surface area contributed by atoms with Crippen LogP contribution in [0.15, 0.2) is 12.3 Å². The molecule has 0 aliphatic rings. The molecule has 1 heterocycles. The van der Waals surface area contributed by atoms with E-state index in [0.29, 0.717) is 17.4 Å². The number of carboxylic acid groups (broad SMARTS) is 1. The zero-order chi connectivity index (χ0) is 12.8. The molecule has 0 bridgehead atoms. The molecule has 0 amide bonds. The lowest BCUT2D eigenvalue weighted by molar-refractivity contribution is 0.0696. The zero-order valence-electron chi connectivity index (χ0n) is 9.48. The van der Waals surface area contributed by atoms with Crippen molar-refractivity contribution in [3.8, 4) is 12.3 Å². The fourth-order valence-electron chi connectivity index (χ4n) is 1.42. The summed E-state index contributed by atoms with van der Waals surface area (Å²) in [5.74, 6) is 2.00. The van der Waals surface area contributed by atoms with Gasteiger partial charge in [0.05, 0.1) is 17.1 Å². The summed E-state index contributed by atoms with van der Waals surface area (Å²) in [6, 6.07) is 1.38. The molecule has 0 atom stereocenters. The Morgan fingerprint density at radius 1 is 1.71 bits per heavy atom. The summed E-state index contributed by atoms with van der Waals surface area (Å²) in [6.07, 6.45) is 7.45. The largest absolute Gasteiger partial charge is 0.478 e. The molecule has 17 heavy (non-hydrogen) atoms. The molecular formula is C12H13ClN2O2. The van der Waals surface area contributed by atoms with Gasteiger partial charge in [-0.25, -0.2) is 9.78 Å². The Bertz CT molecular complexity index is 454. The van der Waals surface area contributed by atoms with Crippen molar-refractivity contribution in [1.82, 2.24) is 4.98 Å². The number of hydrogen-bond acceptors (Lipinski definition) is 3. The highest BCUT2D eigenvalue weighted by Gasteiger charge is 2.13. The number of nitrogens with zero attached hydrogens (tertiary/aromatic N) is 2. The minimum atomic E-state index is -1.05. The summed E-state index contributed by atoms with van der Waals surface area (Å²) in [4.78, 5) is 16.6. The number of carboxylic acids is 1. The van der Waals surface area contributed by atoms with Gasteiger partial charge in [-0.1, -0.05) is 24.4 Å². The maximum absolute atomic E-state index is 10.7. The van der Waals surface area contributed by atoms with Crippen LogP contribution in [0.5, 0.6) is 0 Å². The molecule has 90 valence electrons. The molecule has 1 N–H and O–H groups in total. The summed E-state index contributed by atoms with van der Waals surface area (Å²) in [7, 11) is 0. The van der Waals surface area contributed by atoms with Crippen LogP contribution in [0.1, 0.15) is 23.7 Å². The molecule has 0 aliphatic heterocycles. The average molecular weight is 253 g/mol. The van der Waals surface area contributed by atoms with Crippen molar-refractivity contribution in [2.24, 2.45) is 0 Å². The first-order chi connectivity index (χ1) is 8.10. The minimum Gasteiger partial charge on any atom is -0.478 e. The fourth-order valence-corrected chi connectivity index (χ4v) is 1.71. The van der Waals surface area contributed by atoms with Gasteiger partial charge in [0.2, 0.25) is 0 Å². The Balaban J connectivity index is 3.04. The van der Waals surface area contributed by atoms with Crippen LogP contribution in [-0.4, -0.2) is 29.1 Å². The van der Waals surface area contributed by atoms with Crippen LogP contribution < -0.4 is 4.90 Å². The number of hydrogen-bond donors (Lipinski definition) is 1. The smallest absolute Gasteiger partial charge is 0.337 e. The van der Waals surface area contributed by atoms with E-state index in [1.807, 2.05) is 11.8 Å². The van der Waals surface area contributed by atoms with Crippen molar-refractivity contribution in [3.05, 3.63) is 22.8 Å². The summed E-state index contributed by atoms with van der Waals surface area (Å²) in [5, 5.41) is 9.10. The molecule has 5 heteroatoms. The second-order valence-corrected chi connectivity index (χ2v) is 3.87. The number of carbonyl (C=O) groups is 1. The summed E-state index contributed by atoms with van der Waals surface area (Å²) >= 11 is 6.00. The number of aromatic nitrogens is 1. The topological polar surface area (TPSA) is 53.4 Å². The van der Waals surface area contributed by atoms with Gasteiger partial charge in [-0.2, -0.15) is 0 Å². The highest BCUT2D eigenvalue weighted by molar-refractivity contribution is 6.33. The normalized spacial score (nSPS) is 9.71. The van der Waals surface area contributed by atoms with Gasteiger partial charge in [0.1, 0.15) is 5.82 Å². The fraction of sp³-hybridized carbons (Fsp3) is 0.333. The van der Waals surface area contributed by atoms with Crippen LogP contribution in [0.25, 0.3) is 0 Å². The van der Waals surface area contributed by atoms with E-state index in [4.69, 9.17) is 23.1 Å². The van der Waals surface area contributed by atoms with E-state index in [-0.39, 0.29) is 5.56 Å². The van der Waals surface area contributed by atoms with Crippen LogP contribution in [0.3, 0.4) is 0 Å². The lowest BCUT2D eigenvalue weighted by Gasteiger charge is -2.21. The van der Waals surface area contributed by atoms with Crippen LogP contribution in [0.2, 0.25) is 5.02 Å². The summed E-state index contributed by atoms with van der Waals surface area (Å²) < 4.78 is 0. The molecule has 0 unspecified atom stereocenters. The van der Waals surface area contributed by atoms with Gasteiger partial charge in [-0.05, 0) is 12.5 Å². The third-order valence-electron chi connectivity index (χ3n) is 2.14. The van der Waals surface area contributed by atoms with Crippen molar-refractivity contribution >= 4 is 23.4 Å². The minimum absolute atomic E-state index is 0.0657. The Labute approximate surface area is 105 Å². The molecule has 1 rings (SSSR count). The molecule has 1 aromatic heterocycles. The van der Waals surface area contributed by atoms with Crippen molar-refractivity contribution in [2.75, 3.05) is 18.0 Å². The lowest BCUT2D eigenvalue weighted by Crippen LogP contribution is -2.25. The number of terminal acetylenes is 1. The third-order valence-corrected chi connectivity index (χ3v) is 2.42. The quantitative estimate of drug-likeness (QED) is 0.817. The Kier molecular flexibility index (Phi) is 4.80. The van der Waals surface area contributed by atoms with E-state index in [0.717, 1.165) is 13.0 Å². The number of halogens is 1. The van der Waals surface area contributed by atoms with Gasteiger partial charge < -0.3 is 10.0 Å². The molecule has 4 nitrogen and oxygen atoms in total. The molecular weight excluding hydrogens is 240 g/mol. The van der Waals surface area contributed by atoms with Gasteiger partial charge >= 0.3 is 5.97 Å². The first-order valence-electron chi connectivity index (χ1n) is 5.17. The first-order valence-corrected chi connectivity index (χ1v) is 5.55. The number of pyridine rings is 1. The highest BCUT2D eigenvalue weighted by Crippen LogP contribution is 2.24. The van der Waals surface area contributed by atoms with E-state index in [1.54, 1.807) is 0 Å². The SMILES string of the molecule is C#CCN(CCC)c1ncc(C(=O)O)cc1Cl. The van der Waals surface area contributed by atoms with Crippen LogP contribution in [-0.2, 0) is 0 Å². The molecule has 0 saturated heterocycles. The highest BCUT2D eigenvalue weighted by atomic mass is 35.5.